The van der Waals surface area contributed by atoms with Crippen molar-refractivity contribution in [2.75, 3.05) is 0 Å². The summed E-state index contributed by atoms with van der Waals surface area (Å²) < 4.78 is 37.1. The van der Waals surface area contributed by atoms with E-state index in [1.165, 1.54) is 0 Å². The fourth-order valence-corrected chi connectivity index (χ4v) is 1.14. The first-order valence-corrected chi connectivity index (χ1v) is 4.10. The molecule has 1 rings (SSSR count). The van der Waals surface area contributed by atoms with E-state index in [1.54, 1.807) is 0 Å². The summed E-state index contributed by atoms with van der Waals surface area (Å²) in [5.74, 6) is -0.531. The highest BCUT2D eigenvalue weighted by atomic mass is 19.4. The van der Waals surface area contributed by atoms with Crippen molar-refractivity contribution in [3.8, 4) is 0 Å². The SMILES string of the molecule is CC(=O)c1ccc(C(F)(F)F)c([N+](=O)[O-])c1. The zero-order chi connectivity index (χ0) is 12.5. The molecular formula is C9H6F3NO3. The summed E-state index contributed by atoms with van der Waals surface area (Å²) >= 11 is 0. The molecule has 0 bridgehead atoms. The summed E-state index contributed by atoms with van der Waals surface area (Å²) in [4.78, 5) is 20.2. The highest BCUT2D eigenvalue weighted by Gasteiger charge is 2.38. The van der Waals surface area contributed by atoms with Crippen molar-refractivity contribution < 1.29 is 22.9 Å². The van der Waals surface area contributed by atoms with Gasteiger partial charge in [-0.05, 0) is 13.0 Å². The molecule has 0 aliphatic carbocycles. The molecule has 0 saturated heterocycles. The number of benzene rings is 1. The molecule has 0 spiro atoms. The Hall–Kier alpha value is -1.92. The first kappa shape index (κ1) is 12.2. The minimum absolute atomic E-state index is 0.125. The van der Waals surface area contributed by atoms with E-state index >= 15 is 0 Å². The van der Waals surface area contributed by atoms with Gasteiger partial charge in [0.1, 0.15) is 5.56 Å². The number of carbonyl (C=O) groups is 1. The third-order valence-corrected chi connectivity index (χ3v) is 1.91. The number of hydrogen-bond donors (Lipinski definition) is 0. The predicted octanol–water partition coefficient (Wildman–Crippen LogP) is 2.82. The van der Waals surface area contributed by atoms with Crippen LogP contribution in [0.5, 0.6) is 0 Å². The normalized spacial score (nSPS) is 11.2. The Balaban J connectivity index is 3.43. The van der Waals surface area contributed by atoms with Crippen LogP contribution in [0.15, 0.2) is 18.2 Å². The fraction of sp³-hybridized carbons (Fsp3) is 0.222. The number of nitrogens with zero attached hydrogens (tertiary/aromatic N) is 1. The summed E-state index contributed by atoms with van der Waals surface area (Å²) in [6.45, 7) is 1.12. The van der Waals surface area contributed by atoms with E-state index in [4.69, 9.17) is 0 Å². The number of Topliss-reactive ketones (excluding diaryl/α,β-unsaturated/α-hetero) is 1. The van der Waals surface area contributed by atoms with Gasteiger partial charge in [-0.3, -0.25) is 14.9 Å². The molecule has 1 aromatic rings. The Bertz CT molecular complexity index is 454. The largest absolute Gasteiger partial charge is 0.422 e. The van der Waals surface area contributed by atoms with Gasteiger partial charge in [-0.2, -0.15) is 13.2 Å². The van der Waals surface area contributed by atoms with Crippen molar-refractivity contribution in [3.63, 3.8) is 0 Å². The molecule has 0 aliphatic heterocycles. The van der Waals surface area contributed by atoms with Gasteiger partial charge >= 0.3 is 6.18 Å². The molecule has 0 aromatic heterocycles. The van der Waals surface area contributed by atoms with Crippen LogP contribution in [0.3, 0.4) is 0 Å². The third-order valence-electron chi connectivity index (χ3n) is 1.91. The van der Waals surface area contributed by atoms with Gasteiger partial charge in [-0.1, -0.05) is 6.07 Å². The Labute approximate surface area is 87.8 Å². The number of halogens is 3. The molecule has 0 heterocycles. The number of ketones is 1. The maximum absolute atomic E-state index is 12.4. The van der Waals surface area contributed by atoms with Gasteiger partial charge in [0.2, 0.25) is 0 Å². The molecule has 86 valence electrons. The standard InChI is InChI=1S/C9H6F3NO3/c1-5(14)6-2-3-7(9(10,11)12)8(4-6)13(15)16/h2-4H,1H3. The van der Waals surface area contributed by atoms with E-state index in [9.17, 15) is 28.1 Å². The van der Waals surface area contributed by atoms with Gasteiger partial charge in [0.25, 0.3) is 5.69 Å². The molecular weight excluding hydrogens is 227 g/mol. The number of hydrogen-bond acceptors (Lipinski definition) is 3. The number of alkyl halides is 3. The summed E-state index contributed by atoms with van der Waals surface area (Å²) in [7, 11) is 0. The van der Waals surface area contributed by atoms with Crippen molar-refractivity contribution in [2.45, 2.75) is 13.1 Å². The topological polar surface area (TPSA) is 60.2 Å². The average molecular weight is 233 g/mol. The lowest BCUT2D eigenvalue weighted by molar-refractivity contribution is -0.388. The van der Waals surface area contributed by atoms with Gasteiger partial charge < -0.3 is 0 Å². The molecule has 1 aromatic carbocycles. The van der Waals surface area contributed by atoms with Gasteiger partial charge in [-0.15, -0.1) is 0 Å². The maximum atomic E-state index is 12.4. The molecule has 0 saturated carbocycles. The maximum Gasteiger partial charge on any atom is 0.422 e. The molecule has 0 radical (unpaired) electrons. The first-order valence-electron chi connectivity index (χ1n) is 4.10. The van der Waals surface area contributed by atoms with Gasteiger partial charge in [0.15, 0.2) is 5.78 Å². The summed E-state index contributed by atoms with van der Waals surface area (Å²) in [6.07, 6.45) is -4.81. The van der Waals surface area contributed by atoms with Crippen molar-refractivity contribution in [3.05, 3.63) is 39.4 Å². The van der Waals surface area contributed by atoms with E-state index in [2.05, 4.69) is 0 Å². The highest BCUT2D eigenvalue weighted by Crippen LogP contribution is 2.36. The Morgan fingerprint density at radius 3 is 2.31 bits per heavy atom. The quantitative estimate of drug-likeness (QED) is 0.448. The molecule has 0 amide bonds. The van der Waals surface area contributed by atoms with E-state index in [0.29, 0.717) is 12.1 Å². The number of rotatable bonds is 2. The van der Waals surface area contributed by atoms with Crippen LogP contribution in [0.25, 0.3) is 0 Å². The van der Waals surface area contributed by atoms with Crippen LogP contribution in [0.2, 0.25) is 0 Å². The van der Waals surface area contributed by atoms with Crippen molar-refractivity contribution in [1.82, 2.24) is 0 Å². The van der Waals surface area contributed by atoms with E-state index in [0.717, 1.165) is 13.0 Å². The lowest BCUT2D eigenvalue weighted by Gasteiger charge is -2.07. The lowest BCUT2D eigenvalue weighted by Crippen LogP contribution is -2.09. The third kappa shape index (κ3) is 2.36. The summed E-state index contributed by atoms with van der Waals surface area (Å²) in [6, 6.07) is 2.08. The molecule has 16 heavy (non-hydrogen) atoms. The highest BCUT2D eigenvalue weighted by molar-refractivity contribution is 5.94. The van der Waals surface area contributed by atoms with Crippen LogP contribution in [-0.4, -0.2) is 10.7 Å². The first-order chi connectivity index (χ1) is 7.23. The van der Waals surface area contributed by atoms with Crippen molar-refractivity contribution in [1.29, 1.82) is 0 Å². The van der Waals surface area contributed by atoms with E-state index in [-0.39, 0.29) is 5.56 Å². The van der Waals surface area contributed by atoms with Gasteiger partial charge in [0.05, 0.1) is 4.92 Å². The second-order valence-corrected chi connectivity index (χ2v) is 3.04. The molecule has 0 unspecified atom stereocenters. The number of nitro groups is 1. The van der Waals surface area contributed by atoms with Crippen molar-refractivity contribution in [2.24, 2.45) is 0 Å². The Morgan fingerprint density at radius 1 is 1.38 bits per heavy atom. The zero-order valence-corrected chi connectivity index (χ0v) is 8.04. The average Bonchev–Trinajstić information content (AvgIpc) is 2.15. The van der Waals surface area contributed by atoms with Crippen LogP contribution in [0, 0.1) is 10.1 Å². The van der Waals surface area contributed by atoms with Crippen LogP contribution >= 0.6 is 0 Å². The summed E-state index contributed by atoms with van der Waals surface area (Å²) in [5, 5.41) is 10.4. The molecule has 4 nitrogen and oxygen atoms in total. The van der Waals surface area contributed by atoms with E-state index in [1.807, 2.05) is 0 Å². The monoisotopic (exact) mass is 233 g/mol. The number of nitro benzene ring substituents is 1. The smallest absolute Gasteiger partial charge is 0.295 e. The van der Waals surface area contributed by atoms with E-state index < -0.39 is 28.1 Å². The number of carbonyl (C=O) groups excluding carboxylic acids is 1. The van der Waals surface area contributed by atoms with Gasteiger partial charge in [0, 0.05) is 11.6 Å². The molecule has 0 atom stereocenters. The minimum atomic E-state index is -4.81. The Morgan fingerprint density at radius 2 is 1.94 bits per heavy atom. The van der Waals surface area contributed by atoms with Crippen LogP contribution in [0.1, 0.15) is 22.8 Å². The molecule has 0 fully saturated rings. The van der Waals surface area contributed by atoms with Crippen LogP contribution in [0.4, 0.5) is 18.9 Å². The molecule has 7 heteroatoms. The predicted molar refractivity (Wildman–Crippen MR) is 48.1 cm³/mol. The second-order valence-electron chi connectivity index (χ2n) is 3.04. The fourth-order valence-electron chi connectivity index (χ4n) is 1.14. The molecule has 0 aliphatic rings. The van der Waals surface area contributed by atoms with Gasteiger partial charge in [-0.25, -0.2) is 0 Å². The Kier molecular flexibility index (Phi) is 2.97. The van der Waals surface area contributed by atoms with Crippen molar-refractivity contribution >= 4 is 11.5 Å². The summed E-state index contributed by atoms with van der Waals surface area (Å²) in [5.41, 5.74) is -2.60. The van der Waals surface area contributed by atoms with Crippen LogP contribution in [-0.2, 0) is 6.18 Å². The molecule has 0 N–H and O–H groups in total. The minimum Gasteiger partial charge on any atom is -0.295 e. The second kappa shape index (κ2) is 3.92. The lowest BCUT2D eigenvalue weighted by atomic mass is 10.1. The van der Waals surface area contributed by atoms with Crippen LogP contribution < -0.4 is 0 Å². The zero-order valence-electron chi connectivity index (χ0n) is 8.04.